The van der Waals surface area contributed by atoms with Crippen LogP contribution in [0.1, 0.15) is 25.8 Å². The molecule has 1 aromatic carbocycles. The van der Waals surface area contributed by atoms with Crippen LogP contribution in [-0.4, -0.2) is 35.2 Å². The third-order valence-corrected chi connectivity index (χ3v) is 6.97. The van der Waals surface area contributed by atoms with Crippen molar-refractivity contribution in [2.24, 2.45) is 0 Å². The number of nitrogens with zero attached hydrogens (tertiary/aromatic N) is 3. The number of carbonyl (C=O) groups excluding carboxylic acids is 1. The maximum absolute atomic E-state index is 12.8. The van der Waals surface area contributed by atoms with Gasteiger partial charge >= 0.3 is 5.69 Å². The lowest BCUT2D eigenvalue weighted by Crippen LogP contribution is -2.32. The Kier molecular flexibility index (Phi) is 5.58. The Bertz CT molecular complexity index is 1210. The molecular weight excluding hydrogens is 426 g/mol. The second-order valence-corrected chi connectivity index (χ2v) is 9.73. The summed E-state index contributed by atoms with van der Waals surface area (Å²) < 4.78 is 30.5. The van der Waals surface area contributed by atoms with Crippen LogP contribution in [0.15, 0.2) is 51.5 Å². The summed E-state index contributed by atoms with van der Waals surface area (Å²) in [5, 5.41) is 8.97. The van der Waals surface area contributed by atoms with Gasteiger partial charge in [0.1, 0.15) is 0 Å². The van der Waals surface area contributed by atoms with E-state index in [-0.39, 0.29) is 35.6 Å². The van der Waals surface area contributed by atoms with Gasteiger partial charge in [-0.3, -0.25) is 9.36 Å². The summed E-state index contributed by atoms with van der Waals surface area (Å²) in [5.41, 5.74) is 0.291. The van der Waals surface area contributed by atoms with Gasteiger partial charge in [-0.25, -0.2) is 22.6 Å². The molecule has 2 N–H and O–H groups in total. The zero-order valence-electron chi connectivity index (χ0n) is 16.2. The molecule has 1 fully saturated rings. The van der Waals surface area contributed by atoms with E-state index >= 15 is 0 Å². The monoisotopic (exact) mass is 447 g/mol. The lowest BCUT2D eigenvalue weighted by atomic mass is 10.3. The zero-order valence-corrected chi connectivity index (χ0v) is 17.9. The minimum atomic E-state index is -3.75. The van der Waals surface area contributed by atoms with Crippen molar-refractivity contribution in [3.8, 4) is 10.7 Å². The summed E-state index contributed by atoms with van der Waals surface area (Å²) in [7, 11) is -3.75. The van der Waals surface area contributed by atoms with Gasteiger partial charge in [0.15, 0.2) is 5.82 Å². The molecular formula is C19H21N5O4S2. The van der Waals surface area contributed by atoms with E-state index < -0.39 is 10.0 Å². The number of anilines is 1. The Hall–Kier alpha value is -2.76. The van der Waals surface area contributed by atoms with Crippen LogP contribution in [0, 0.1) is 0 Å². The molecule has 9 nitrogen and oxygen atoms in total. The third kappa shape index (κ3) is 4.37. The van der Waals surface area contributed by atoms with Crippen LogP contribution in [0.5, 0.6) is 0 Å². The van der Waals surface area contributed by atoms with Gasteiger partial charge in [0.2, 0.25) is 15.9 Å². The van der Waals surface area contributed by atoms with E-state index in [4.69, 9.17) is 0 Å². The van der Waals surface area contributed by atoms with Crippen LogP contribution < -0.4 is 15.7 Å². The van der Waals surface area contributed by atoms with Gasteiger partial charge in [-0.2, -0.15) is 0 Å². The molecule has 30 heavy (non-hydrogen) atoms. The van der Waals surface area contributed by atoms with Crippen LogP contribution in [0.3, 0.4) is 0 Å². The number of nitrogens with one attached hydrogen (secondary N) is 2. The topological polar surface area (TPSA) is 115 Å². The molecule has 1 amide bonds. The molecule has 2 heterocycles. The van der Waals surface area contributed by atoms with Gasteiger partial charge in [-0.1, -0.05) is 6.07 Å². The van der Waals surface area contributed by atoms with Gasteiger partial charge in [0, 0.05) is 25.2 Å². The van der Waals surface area contributed by atoms with E-state index in [2.05, 4.69) is 15.1 Å². The summed E-state index contributed by atoms with van der Waals surface area (Å²) in [4.78, 5) is 24.8. The molecule has 0 saturated heterocycles. The van der Waals surface area contributed by atoms with Gasteiger partial charge in [0.25, 0.3) is 0 Å². The van der Waals surface area contributed by atoms with Crippen LogP contribution in [0.4, 0.5) is 5.69 Å². The molecule has 3 aromatic rings. The second-order valence-electron chi connectivity index (χ2n) is 7.01. The predicted molar refractivity (Wildman–Crippen MR) is 114 cm³/mol. The molecule has 4 rings (SSSR count). The molecule has 11 heteroatoms. The number of aromatic nitrogens is 3. The van der Waals surface area contributed by atoms with Gasteiger partial charge in [-0.15, -0.1) is 16.4 Å². The summed E-state index contributed by atoms with van der Waals surface area (Å²) in [6.45, 7) is 1.53. The molecule has 0 spiro atoms. The van der Waals surface area contributed by atoms with Crippen molar-refractivity contribution in [1.82, 2.24) is 19.1 Å². The molecule has 158 valence electrons. The SMILES string of the molecule is CC(=O)Nc1ccc(S(=O)(=O)NCCn2nc(-c3cccs3)n(C3CC3)c2=O)cc1. The molecule has 2 aromatic heterocycles. The first-order valence-corrected chi connectivity index (χ1v) is 11.8. The Labute approximate surface area is 177 Å². The smallest absolute Gasteiger partial charge is 0.326 e. The molecule has 1 aliphatic carbocycles. The van der Waals surface area contributed by atoms with Gasteiger partial charge < -0.3 is 5.32 Å². The highest BCUT2D eigenvalue weighted by atomic mass is 32.2. The van der Waals surface area contributed by atoms with Crippen molar-refractivity contribution in [3.05, 3.63) is 52.3 Å². The van der Waals surface area contributed by atoms with E-state index in [0.717, 1.165) is 17.7 Å². The van der Waals surface area contributed by atoms with Crippen LogP contribution >= 0.6 is 11.3 Å². The fourth-order valence-electron chi connectivity index (χ4n) is 3.09. The lowest BCUT2D eigenvalue weighted by Gasteiger charge is -2.08. The fourth-order valence-corrected chi connectivity index (χ4v) is 4.82. The lowest BCUT2D eigenvalue weighted by molar-refractivity contribution is -0.114. The second kappa shape index (κ2) is 8.17. The van der Waals surface area contributed by atoms with Crippen molar-refractivity contribution in [1.29, 1.82) is 0 Å². The van der Waals surface area contributed by atoms with E-state index in [1.54, 1.807) is 4.57 Å². The molecule has 1 aliphatic rings. The summed E-state index contributed by atoms with van der Waals surface area (Å²) in [6.07, 6.45) is 1.90. The van der Waals surface area contributed by atoms with Gasteiger partial charge in [0.05, 0.1) is 16.3 Å². The molecule has 0 unspecified atom stereocenters. The highest BCUT2D eigenvalue weighted by Gasteiger charge is 2.30. The fraction of sp³-hybridized carbons (Fsp3) is 0.316. The number of benzene rings is 1. The first-order chi connectivity index (χ1) is 14.3. The van der Waals surface area contributed by atoms with E-state index in [0.29, 0.717) is 11.5 Å². The van der Waals surface area contributed by atoms with Crippen LogP contribution in [0.2, 0.25) is 0 Å². The Morgan fingerprint density at radius 2 is 1.97 bits per heavy atom. The molecule has 0 radical (unpaired) electrons. The Balaban J connectivity index is 1.46. The first kappa shape index (κ1) is 20.5. The minimum absolute atomic E-state index is 0.0290. The number of thiophene rings is 1. The highest BCUT2D eigenvalue weighted by molar-refractivity contribution is 7.89. The Morgan fingerprint density at radius 3 is 2.57 bits per heavy atom. The van der Waals surface area contributed by atoms with Crippen molar-refractivity contribution < 1.29 is 13.2 Å². The number of hydrogen-bond acceptors (Lipinski definition) is 6. The van der Waals surface area contributed by atoms with E-state index in [1.165, 1.54) is 47.2 Å². The maximum Gasteiger partial charge on any atom is 0.346 e. The predicted octanol–water partition coefficient (Wildman–Crippen LogP) is 2.05. The maximum atomic E-state index is 12.8. The normalized spacial score (nSPS) is 14.0. The van der Waals surface area contributed by atoms with Crippen molar-refractivity contribution in [2.75, 3.05) is 11.9 Å². The summed E-state index contributed by atoms with van der Waals surface area (Å²) in [6, 6.07) is 9.86. The molecule has 0 bridgehead atoms. The van der Waals surface area contributed by atoms with E-state index in [9.17, 15) is 18.0 Å². The average molecular weight is 448 g/mol. The largest absolute Gasteiger partial charge is 0.346 e. The van der Waals surface area contributed by atoms with Crippen molar-refractivity contribution in [3.63, 3.8) is 0 Å². The van der Waals surface area contributed by atoms with E-state index in [1.807, 2.05) is 17.5 Å². The average Bonchev–Trinajstić information content (AvgIpc) is 3.27. The Morgan fingerprint density at radius 1 is 1.23 bits per heavy atom. The number of rotatable bonds is 8. The minimum Gasteiger partial charge on any atom is -0.326 e. The molecule has 1 saturated carbocycles. The zero-order chi connectivity index (χ0) is 21.3. The first-order valence-electron chi connectivity index (χ1n) is 9.46. The summed E-state index contributed by atoms with van der Waals surface area (Å²) >= 11 is 1.51. The number of carbonyl (C=O) groups is 1. The van der Waals surface area contributed by atoms with Crippen molar-refractivity contribution in [2.45, 2.75) is 37.2 Å². The standard InChI is InChI=1S/C19H21N5O4S2/c1-13(25)21-14-4-8-16(9-5-14)30(27,28)20-10-11-23-19(26)24(15-6-7-15)18(22-23)17-3-2-12-29-17/h2-5,8-9,12,15,20H,6-7,10-11H2,1H3,(H,21,25). The van der Waals surface area contributed by atoms with Crippen molar-refractivity contribution >= 4 is 33.0 Å². The number of hydrogen-bond donors (Lipinski definition) is 2. The summed E-state index contributed by atoms with van der Waals surface area (Å²) in [5.74, 6) is 0.399. The molecule has 0 atom stereocenters. The van der Waals surface area contributed by atoms with Crippen LogP contribution in [0.25, 0.3) is 10.7 Å². The number of sulfonamides is 1. The van der Waals surface area contributed by atoms with Gasteiger partial charge in [-0.05, 0) is 48.6 Å². The third-order valence-electron chi connectivity index (χ3n) is 4.62. The quantitative estimate of drug-likeness (QED) is 0.548. The molecule has 0 aliphatic heterocycles. The number of amides is 1. The van der Waals surface area contributed by atoms with Crippen LogP contribution in [-0.2, 0) is 21.4 Å². The highest BCUT2D eigenvalue weighted by Crippen LogP contribution is 2.37.